The Balaban J connectivity index is 2.10. The van der Waals surface area contributed by atoms with Gasteiger partial charge in [0.15, 0.2) is 0 Å². The molecule has 1 atom stereocenters. The minimum Gasteiger partial charge on any atom is -0.336 e. The minimum atomic E-state index is 0.175. The monoisotopic (exact) mass is 295 g/mol. The number of likely N-dealkylation sites (tertiary alicyclic amines) is 1. The Hall–Kier alpha value is -0.940. The summed E-state index contributed by atoms with van der Waals surface area (Å²) in [4.78, 5) is 22.3. The van der Waals surface area contributed by atoms with Gasteiger partial charge in [-0.05, 0) is 46.7 Å². The molecule has 2 rings (SSSR count). The zero-order chi connectivity index (χ0) is 14.7. The molecule has 5 heteroatoms. The maximum Gasteiger partial charge on any atom is 0.265 e. The third-order valence-electron chi connectivity index (χ3n) is 3.91. The first-order chi connectivity index (χ1) is 9.52. The first-order valence-electron chi connectivity index (χ1n) is 7.45. The lowest BCUT2D eigenvalue weighted by molar-refractivity contribution is 0.0639. The summed E-state index contributed by atoms with van der Waals surface area (Å²) in [6, 6.07) is 0.482. The van der Waals surface area contributed by atoms with Crippen molar-refractivity contribution in [1.82, 2.24) is 14.8 Å². The summed E-state index contributed by atoms with van der Waals surface area (Å²) >= 11 is 1.58. The molecule has 1 aliphatic rings. The van der Waals surface area contributed by atoms with Crippen molar-refractivity contribution in [2.45, 2.75) is 45.6 Å². The highest BCUT2D eigenvalue weighted by Crippen LogP contribution is 2.23. The molecule has 1 aromatic heterocycles. The number of carbonyl (C=O) groups is 1. The van der Waals surface area contributed by atoms with Crippen LogP contribution in [0, 0.1) is 6.92 Å². The van der Waals surface area contributed by atoms with E-state index in [0.29, 0.717) is 6.04 Å². The highest BCUT2D eigenvalue weighted by Gasteiger charge is 2.27. The average molecular weight is 295 g/mol. The molecular weight excluding hydrogens is 270 g/mol. The first-order valence-corrected chi connectivity index (χ1v) is 8.26. The molecule has 1 fully saturated rings. The van der Waals surface area contributed by atoms with Crippen molar-refractivity contribution in [3.05, 3.63) is 15.6 Å². The van der Waals surface area contributed by atoms with Gasteiger partial charge in [-0.2, -0.15) is 0 Å². The molecule has 0 aromatic carbocycles. The molecule has 1 amide bonds. The van der Waals surface area contributed by atoms with Crippen molar-refractivity contribution in [2.75, 3.05) is 27.2 Å². The van der Waals surface area contributed by atoms with Gasteiger partial charge < -0.3 is 9.80 Å². The molecule has 0 N–H and O–H groups in total. The Morgan fingerprint density at radius 1 is 1.50 bits per heavy atom. The van der Waals surface area contributed by atoms with Crippen LogP contribution in [0.4, 0.5) is 0 Å². The van der Waals surface area contributed by atoms with Crippen LogP contribution in [-0.2, 0) is 6.42 Å². The molecule has 0 radical (unpaired) electrons. The van der Waals surface area contributed by atoms with E-state index in [1.54, 1.807) is 11.3 Å². The number of carbonyl (C=O) groups excluding carboxylic acids is 1. The van der Waals surface area contributed by atoms with Crippen LogP contribution in [0.5, 0.6) is 0 Å². The normalized spacial score (nSPS) is 19.6. The Bertz CT molecular complexity index is 470. The number of rotatable bonds is 4. The molecule has 1 aromatic rings. The molecule has 1 unspecified atom stereocenters. The zero-order valence-electron chi connectivity index (χ0n) is 13.0. The second kappa shape index (κ2) is 6.68. The predicted octanol–water partition coefficient (Wildman–Crippen LogP) is 2.57. The Kier molecular flexibility index (Phi) is 5.16. The van der Waals surface area contributed by atoms with Crippen LogP contribution in [0.25, 0.3) is 0 Å². The first kappa shape index (κ1) is 15.4. The van der Waals surface area contributed by atoms with E-state index in [2.05, 4.69) is 30.9 Å². The Morgan fingerprint density at radius 3 is 2.90 bits per heavy atom. The topological polar surface area (TPSA) is 36.4 Å². The summed E-state index contributed by atoms with van der Waals surface area (Å²) < 4.78 is 0. The van der Waals surface area contributed by atoms with Gasteiger partial charge in [0.2, 0.25) is 0 Å². The molecule has 0 saturated carbocycles. The molecule has 0 spiro atoms. The molecule has 1 aliphatic heterocycles. The van der Waals surface area contributed by atoms with Crippen LogP contribution in [0.2, 0.25) is 0 Å². The summed E-state index contributed by atoms with van der Waals surface area (Å²) in [6.45, 7) is 5.82. The summed E-state index contributed by atoms with van der Waals surface area (Å²) in [5.41, 5.74) is 0.899. The van der Waals surface area contributed by atoms with E-state index >= 15 is 0 Å². The van der Waals surface area contributed by atoms with Crippen molar-refractivity contribution in [2.24, 2.45) is 0 Å². The lowest BCUT2D eigenvalue weighted by Gasteiger charge is -2.36. The van der Waals surface area contributed by atoms with Crippen molar-refractivity contribution < 1.29 is 4.79 Å². The Morgan fingerprint density at radius 2 is 2.25 bits per heavy atom. The molecule has 1 saturated heterocycles. The SMILES string of the molecule is CCCc1nc(C)c(C(=O)N2CCCC(N(C)C)C2)s1. The quantitative estimate of drug-likeness (QED) is 0.856. The molecule has 0 bridgehead atoms. The maximum atomic E-state index is 12.7. The van der Waals surface area contributed by atoms with E-state index in [-0.39, 0.29) is 5.91 Å². The summed E-state index contributed by atoms with van der Waals surface area (Å²) in [6.07, 6.45) is 4.32. The van der Waals surface area contributed by atoms with E-state index in [1.165, 1.54) is 6.42 Å². The maximum absolute atomic E-state index is 12.7. The van der Waals surface area contributed by atoms with E-state index in [0.717, 1.165) is 47.9 Å². The molecule has 2 heterocycles. The summed E-state index contributed by atoms with van der Waals surface area (Å²) in [5.74, 6) is 0.175. The van der Waals surface area contributed by atoms with Crippen LogP contribution < -0.4 is 0 Å². The van der Waals surface area contributed by atoms with Crippen molar-refractivity contribution >= 4 is 17.2 Å². The van der Waals surface area contributed by atoms with Crippen LogP contribution in [0.15, 0.2) is 0 Å². The summed E-state index contributed by atoms with van der Waals surface area (Å²) in [7, 11) is 4.19. The van der Waals surface area contributed by atoms with Crippen LogP contribution >= 0.6 is 11.3 Å². The second-order valence-corrected chi connectivity index (χ2v) is 6.87. The van der Waals surface area contributed by atoms with Crippen molar-refractivity contribution in [3.63, 3.8) is 0 Å². The van der Waals surface area contributed by atoms with Gasteiger partial charge in [-0.3, -0.25) is 4.79 Å². The Labute approximate surface area is 125 Å². The number of thiazole rings is 1. The summed E-state index contributed by atoms with van der Waals surface area (Å²) in [5, 5.41) is 1.09. The van der Waals surface area contributed by atoms with Crippen LogP contribution in [-0.4, -0.2) is 53.9 Å². The van der Waals surface area contributed by atoms with Gasteiger partial charge in [0.25, 0.3) is 5.91 Å². The number of amides is 1. The second-order valence-electron chi connectivity index (χ2n) is 5.78. The van der Waals surface area contributed by atoms with E-state index < -0.39 is 0 Å². The average Bonchev–Trinajstić information content (AvgIpc) is 2.79. The minimum absolute atomic E-state index is 0.175. The third kappa shape index (κ3) is 3.38. The van der Waals surface area contributed by atoms with Gasteiger partial charge in [0, 0.05) is 19.1 Å². The number of aromatic nitrogens is 1. The van der Waals surface area contributed by atoms with E-state index in [4.69, 9.17) is 0 Å². The molecule has 0 aliphatic carbocycles. The van der Waals surface area contributed by atoms with Gasteiger partial charge >= 0.3 is 0 Å². The van der Waals surface area contributed by atoms with E-state index in [1.807, 2.05) is 11.8 Å². The van der Waals surface area contributed by atoms with Crippen molar-refractivity contribution in [1.29, 1.82) is 0 Å². The number of likely N-dealkylation sites (N-methyl/N-ethyl adjacent to an activating group) is 1. The van der Waals surface area contributed by atoms with E-state index in [9.17, 15) is 4.79 Å². The number of hydrogen-bond donors (Lipinski definition) is 0. The highest BCUT2D eigenvalue weighted by atomic mass is 32.1. The fourth-order valence-corrected chi connectivity index (χ4v) is 3.81. The lowest BCUT2D eigenvalue weighted by atomic mass is 10.0. The molecule has 4 nitrogen and oxygen atoms in total. The fraction of sp³-hybridized carbons (Fsp3) is 0.733. The third-order valence-corrected chi connectivity index (χ3v) is 5.12. The molecule has 112 valence electrons. The smallest absolute Gasteiger partial charge is 0.265 e. The molecule has 20 heavy (non-hydrogen) atoms. The van der Waals surface area contributed by atoms with Gasteiger partial charge in [-0.15, -0.1) is 11.3 Å². The molecular formula is C15H25N3OS. The number of aryl methyl sites for hydroxylation is 2. The van der Waals surface area contributed by atoms with Gasteiger partial charge in [0.05, 0.1) is 10.7 Å². The predicted molar refractivity (Wildman–Crippen MR) is 83.5 cm³/mol. The zero-order valence-corrected chi connectivity index (χ0v) is 13.8. The van der Waals surface area contributed by atoms with Gasteiger partial charge in [-0.25, -0.2) is 4.98 Å². The van der Waals surface area contributed by atoms with Crippen molar-refractivity contribution in [3.8, 4) is 0 Å². The lowest BCUT2D eigenvalue weighted by Crippen LogP contribution is -2.47. The fourth-order valence-electron chi connectivity index (χ4n) is 2.68. The van der Waals surface area contributed by atoms with Gasteiger partial charge in [0.1, 0.15) is 4.88 Å². The number of piperidine rings is 1. The number of hydrogen-bond acceptors (Lipinski definition) is 4. The van der Waals surface area contributed by atoms with Crippen LogP contribution in [0.3, 0.4) is 0 Å². The van der Waals surface area contributed by atoms with Gasteiger partial charge in [-0.1, -0.05) is 6.92 Å². The largest absolute Gasteiger partial charge is 0.336 e. The standard InChI is InChI=1S/C15H25N3OS/c1-5-7-13-16-11(2)14(20-13)15(19)18-9-6-8-12(10-18)17(3)4/h12H,5-10H2,1-4H3. The van der Waals surface area contributed by atoms with Crippen LogP contribution in [0.1, 0.15) is 46.6 Å². The highest BCUT2D eigenvalue weighted by molar-refractivity contribution is 7.13. The number of nitrogens with zero attached hydrogens (tertiary/aromatic N) is 3.